The Morgan fingerprint density at radius 3 is 1.37 bits per heavy atom. The number of benzene rings is 10. The van der Waals surface area contributed by atoms with Crippen LogP contribution in [0.2, 0.25) is 0 Å². The summed E-state index contributed by atoms with van der Waals surface area (Å²) in [4.78, 5) is 7.01. The predicted octanol–water partition coefficient (Wildman–Crippen LogP) is 18.0. The van der Waals surface area contributed by atoms with Crippen molar-refractivity contribution in [1.29, 1.82) is 0 Å². The predicted molar refractivity (Wildman–Crippen MR) is 276 cm³/mol. The molecule has 0 spiro atoms. The molecule has 5 heteroatoms. The number of nitrogens with zero attached hydrogens (tertiary/aromatic N) is 3. The minimum absolute atomic E-state index is 0.819. The Labute approximate surface area is 381 Å². The van der Waals surface area contributed by atoms with Gasteiger partial charge in [-0.1, -0.05) is 133 Å². The molecule has 0 aliphatic heterocycles. The molecule has 0 N–H and O–H groups in total. The molecule has 0 fully saturated rings. The van der Waals surface area contributed by atoms with E-state index in [0.29, 0.717) is 0 Å². The van der Waals surface area contributed by atoms with Gasteiger partial charge in [0.2, 0.25) is 0 Å². The Morgan fingerprint density at radius 1 is 0.308 bits per heavy atom. The van der Waals surface area contributed by atoms with E-state index in [2.05, 4.69) is 263 Å². The highest BCUT2D eigenvalue weighted by Gasteiger charge is 2.24. The van der Waals surface area contributed by atoms with E-state index >= 15 is 0 Å². The van der Waals surface area contributed by atoms with Crippen LogP contribution in [0.3, 0.4) is 0 Å². The largest absolute Gasteiger partial charge is 0.456 e. The van der Waals surface area contributed by atoms with Crippen LogP contribution >= 0.6 is 11.3 Å². The van der Waals surface area contributed by atoms with Crippen LogP contribution in [0.25, 0.3) is 53.2 Å². The minimum atomic E-state index is 0.819. The molecule has 0 saturated heterocycles. The summed E-state index contributed by atoms with van der Waals surface area (Å²) < 4.78 is 9.49. The molecule has 0 bridgehead atoms. The van der Waals surface area contributed by atoms with Crippen LogP contribution in [0.1, 0.15) is 0 Å². The quantitative estimate of drug-likeness (QED) is 0.137. The van der Waals surface area contributed by atoms with E-state index < -0.39 is 0 Å². The van der Waals surface area contributed by atoms with Gasteiger partial charge in [0, 0.05) is 72.1 Å². The van der Waals surface area contributed by atoms with E-state index in [1.807, 2.05) is 11.3 Å². The van der Waals surface area contributed by atoms with Gasteiger partial charge in [-0.15, -0.1) is 11.3 Å². The fourth-order valence-electron chi connectivity index (χ4n) is 9.28. The number of para-hydroxylation sites is 5. The number of hydrogen-bond acceptors (Lipinski definition) is 5. The lowest BCUT2D eigenvalue weighted by Gasteiger charge is -2.27. The molecule has 0 saturated carbocycles. The summed E-state index contributed by atoms with van der Waals surface area (Å²) >= 11 is 1.84. The molecule has 12 rings (SSSR count). The van der Waals surface area contributed by atoms with Gasteiger partial charge in [-0.3, -0.25) is 0 Å². The number of hydrogen-bond donors (Lipinski definition) is 0. The van der Waals surface area contributed by atoms with E-state index in [9.17, 15) is 0 Å². The number of furan rings is 1. The molecule has 65 heavy (non-hydrogen) atoms. The molecule has 0 atom stereocenters. The molecule has 4 nitrogen and oxygen atoms in total. The zero-order valence-electron chi connectivity index (χ0n) is 35.3. The van der Waals surface area contributed by atoms with E-state index in [1.165, 1.54) is 20.2 Å². The molecule has 10 aromatic carbocycles. The lowest BCUT2D eigenvalue weighted by atomic mass is 9.97. The van der Waals surface area contributed by atoms with Gasteiger partial charge in [0.05, 0.1) is 16.1 Å². The summed E-state index contributed by atoms with van der Waals surface area (Å²) in [6.45, 7) is 0. The van der Waals surface area contributed by atoms with Crippen molar-refractivity contribution in [2.24, 2.45) is 0 Å². The highest BCUT2D eigenvalue weighted by molar-refractivity contribution is 7.26. The minimum Gasteiger partial charge on any atom is -0.456 e. The van der Waals surface area contributed by atoms with Crippen molar-refractivity contribution < 1.29 is 4.42 Å². The van der Waals surface area contributed by atoms with Gasteiger partial charge in [0.25, 0.3) is 0 Å². The summed E-state index contributed by atoms with van der Waals surface area (Å²) in [6.07, 6.45) is 0. The van der Waals surface area contributed by atoms with Gasteiger partial charge in [-0.25, -0.2) is 0 Å². The van der Waals surface area contributed by atoms with E-state index in [0.717, 1.165) is 84.3 Å². The van der Waals surface area contributed by atoms with Crippen LogP contribution in [-0.4, -0.2) is 0 Å². The molecule has 2 heterocycles. The first-order chi connectivity index (χ1) is 32.2. The fraction of sp³-hybridized carbons (Fsp3) is 0. The van der Waals surface area contributed by atoms with Crippen LogP contribution in [0.4, 0.5) is 51.2 Å². The maximum absolute atomic E-state index is 6.99. The van der Waals surface area contributed by atoms with Crippen LogP contribution in [0.15, 0.2) is 253 Å². The zero-order valence-corrected chi connectivity index (χ0v) is 36.1. The molecular weight excluding hydrogens is 811 g/mol. The molecule has 0 unspecified atom stereocenters. The summed E-state index contributed by atoms with van der Waals surface area (Å²) in [5.41, 5.74) is 13.5. The third kappa shape index (κ3) is 6.96. The van der Waals surface area contributed by atoms with E-state index in [-0.39, 0.29) is 0 Å². The smallest absolute Gasteiger partial charge is 0.138 e. The molecule has 0 aliphatic rings. The van der Waals surface area contributed by atoms with Crippen molar-refractivity contribution in [2.75, 3.05) is 14.7 Å². The van der Waals surface area contributed by atoms with Crippen molar-refractivity contribution >= 4 is 105 Å². The van der Waals surface area contributed by atoms with Crippen molar-refractivity contribution in [3.63, 3.8) is 0 Å². The fourth-order valence-corrected chi connectivity index (χ4v) is 10.5. The van der Waals surface area contributed by atoms with Gasteiger partial charge in [0.15, 0.2) is 0 Å². The number of anilines is 9. The molecule has 2 aromatic heterocycles. The number of rotatable bonds is 10. The van der Waals surface area contributed by atoms with Crippen molar-refractivity contribution in [2.45, 2.75) is 0 Å². The van der Waals surface area contributed by atoms with Crippen molar-refractivity contribution in [3.05, 3.63) is 249 Å². The molecule has 308 valence electrons. The van der Waals surface area contributed by atoms with Crippen LogP contribution < -0.4 is 14.7 Å². The standard InChI is InChI=1S/C60H41N3OS/c1-6-19-43(20-7-1)61(44-21-8-2-9-22-44)48-35-33-42(34-36-48)53-40-50(63(47-27-14-5-15-28-47)55-31-18-30-52-51-29-16-17-32-58(51)65-60(52)55)41-57-59(53)54-39-49(37-38-56(54)64-57)62(45-23-10-3-11-24-45)46-25-12-4-13-26-46/h1-41H. The third-order valence-corrected chi connectivity index (χ3v) is 13.4. The van der Waals surface area contributed by atoms with Crippen LogP contribution in [0, 0.1) is 0 Å². The molecule has 0 amide bonds. The molecular formula is C60H41N3OS. The maximum Gasteiger partial charge on any atom is 0.138 e. The Balaban J connectivity index is 1.10. The zero-order chi connectivity index (χ0) is 43.1. The van der Waals surface area contributed by atoms with Gasteiger partial charge < -0.3 is 19.1 Å². The highest BCUT2D eigenvalue weighted by atomic mass is 32.1. The number of thiophene rings is 1. The maximum atomic E-state index is 6.99. The lowest BCUT2D eigenvalue weighted by molar-refractivity contribution is 0.669. The second-order valence-corrected chi connectivity index (χ2v) is 17.2. The average molecular weight is 852 g/mol. The Bertz CT molecular complexity index is 3510. The molecule has 12 aromatic rings. The first-order valence-electron chi connectivity index (χ1n) is 21.9. The van der Waals surface area contributed by atoms with Gasteiger partial charge in [-0.05, 0) is 120 Å². The topological polar surface area (TPSA) is 22.9 Å². The van der Waals surface area contributed by atoms with Crippen molar-refractivity contribution in [3.8, 4) is 11.1 Å². The molecule has 0 aliphatic carbocycles. The summed E-state index contributed by atoms with van der Waals surface area (Å²) in [6, 6.07) is 88.5. The summed E-state index contributed by atoms with van der Waals surface area (Å²) in [5.74, 6) is 0. The van der Waals surface area contributed by atoms with E-state index in [1.54, 1.807) is 0 Å². The van der Waals surface area contributed by atoms with Crippen LogP contribution in [-0.2, 0) is 0 Å². The third-order valence-electron chi connectivity index (χ3n) is 12.2. The number of fused-ring (bicyclic) bond motifs is 6. The average Bonchev–Trinajstić information content (AvgIpc) is 3.95. The first kappa shape index (κ1) is 38.3. The van der Waals surface area contributed by atoms with Gasteiger partial charge in [0.1, 0.15) is 11.2 Å². The Morgan fingerprint density at radius 2 is 0.785 bits per heavy atom. The first-order valence-corrected chi connectivity index (χ1v) is 22.7. The summed E-state index contributed by atoms with van der Waals surface area (Å²) in [7, 11) is 0. The van der Waals surface area contributed by atoms with E-state index in [4.69, 9.17) is 4.42 Å². The van der Waals surface area contributed by atoms with Gasteiger partial charge >= 0.3 is 0 Å². The normalized spacial score (nSPS) is 11.4. The Kier molecular flexibility index (Phi) is 9.66. The second kappa shape index (κ2) is 16.4. The van der Waals surface area contributed by atoms with Gasteiger partial charge in [-0.2, -0.15) is 0 Å². The second-order valence-electron chi connectivity index (χ2n) is 16.1. The van der Waals surface area contributed by atoms with Crippen LogP contribution in [0.5, 0.6) is 0 Å². The summed E-state index contributed by atoms with van der Waals surface area (Å²) in [5, 5.41) is 4.63. The highest BCUT2D eigenvalue weighted by Crippen LogP contribution is 2.49. The monoisotopic (exact) mass is 851 g/mol. The van der Waals surface area contributed by atoms with Crippen molar-refractivity contribution in [1.82, 2.24) is 0 Å². The lowest BCUT2D eigenvalue weighted by Crippen LogP contribution is -2.10. The Hall–Kier alpha value is -8.38. The SMILES string of the molecule is c1ccc(N(c2ccccc2)c2ccc(-c3cc(N(c4ccccc4)c4cccc5c4sc4ccccc45)cc4oc5ccc(N(c6ccccc6)c6ccccc6)cc5c34)cc2)cc1. The molecule has 0 radical (unpaired) electrons.